The Balaban J connectivity index is 2.34. The molecule has 0 spiro atoms. The molecular formula is C29H38F2N2O4. The largest absolute Gasteiger partial charge is 0.391 e. The predicted octanol–water partition coefficient (Wildman–Crippen LogP) is 4.85. The zero-order valence-electron chi connectivity index (χ0n) is 22.3. The number of Topliss-reactive ketones (excluding diaryl/α,β-unsaturated/α-hetero) is 1. The highest BCUT2D eigenvalue weighted by Crippen LogP contribution is 2.18. The maximum atomic E-state index is 13.8. The Morgan fingerprint density at radius 1 is 0.946 bits per heavy atom. The first kappa shape index (κ1) is 30.1. The molecule has 2 N–H and O–H groups in total. The van der Waals surface area contributed by atoms with E-state index in [9.17, 15) is 28.3 Å². The minimum absolute atomic E-state index is 0.0510. The van der Waals surface area contributed by atoms with Gasteiger partial charge in [0.25, 0.3) is 11.8 Å². The summed E-state index contributed by atoms with van der Waals surface area (Å²) in [4.78, 5) is 39.9. The van der Waals surface area contributed by atoms with Crippen LogP contribution in [0.25, 0.3) is 0 Å². The van der Waals surface area contributed by atoms with Gasteiger partial charge in [-0.1, -0.05) is 20.8 Å². The van der Waals surface area contributed by atoms with Gasteiger partial charge < -0.3 is 15.3 Å². The quantitative estimate of drug-likeness (QED) is 0.398. The molecule has 0 saturated carbocycles. The Bertz CT molecular complexity index is 1080. The Labute approximate surface area is 218 Å². The van der Waals surface area contributed by atoms with Gasteiger partial charge in [-0.15, -0.1) is 0 Å². The molecule has 202 valence electrons. The van der Waals surface area contributed by atoms with Gasteiger partial charge in [0.15, 0.2) is 0 Å². The fourth-order valence-corrected chi connectivity index (χ4v) is 4.29. The van der Waals surface area contributed by atoms with Crippen LogP contribution in [-0.4, -0.2) is 52.8 Å². The first-order valence-electron chi connectivity index (χ1n) is 12.8. The molecular weight excluding hydrogens is 478 g/mol. The highest BCUT2D eigenvalue weighted by molar-refractivity contribution is 6.00. The molecule has 2 aromatic carbocycles. The Morgan fingerprint density at radius 3 is 2.05 bits per heavy atom. The third-order valence-corrected chi connectivity index (χ3v) is 6.31. The molecule has 2 rings (SSSR count). The predicted molar refractivity (Wildman–Crippen MR) is 139 cm³/mol. The number of aliphatic hydroxyl groups is 1. The van der Waals surface area contributed by atoms with Crippen molar-refractivity contribution in [2.75, 3.05) is 13.1 Å². The number of nitrogens with one attached hydrogen (secondary N) is 1. The van der Waals surface area contributed by atoms with Gasteiger partial charge in [-0.05, 0) is 81.0 Å². The zero-order valence-corrected chi connectivity index (χ0v) is 22.3. The summed E-state index contributed by atoms with van der Waals surface area (Å²) in [5.41, 5.74) is 1.60. The van der Waals surface area contributed by atoms with E-state index in [0.717, 1.165) is 36.6 Å². The van der Waals surface area contributed by atoms with Gasteiger partial charge >= 0.3 is 0 Å². The number of halogens is 2. The Morgan fingerprint density at radius 2 is 1.51 bits per heavy atom. The molecule has 8 heteroatoms. The summed E-state index contributed by atoms with van der Waals surface area (Å²) < 4.78 is 27.6. The van der Waals surface area contributed by atoms with Crippen molar-refractivity contribution in [3.63, 3.8) is 0 Å². The first-order valence-corrected chi connectivity index (χ1v) is 12.8. The summed E-state index contributed by atoms with van der Waals surface area (Å²) in [6.45, 7) is 10.1. The molecule has 6 nitrogen and oxygen atoms in total. The Kier molecular flexibility index (Phi) is 11.4. The van der Waals surface area contributed by atoms with Crippen LogP contribution in [0.4, 0.5) is 8.78 Å². The topological polar surface area (TPSA) is 86.7 Å². The van der Waals surface area contributed by atoms with E-state index >= 15 is 0 Å². The lowest BCUT2D eigenvalue weighted by Crippen LogP contribution is -2.46. The SMILES string of the molecule is CCCN(CCC)C(=O)c1cc(C)cc(C(=O)NC(Cc2cc(F)cc(F)c2)C(O)CC(C)C(C)=O)c1. The summed E-state index contributed by atoms with van der Waals surface area (Å²) in [5.74, 6) is -2.82. The van der Waals surface area contributed by atoms with Crippen molar-refractivity contribution in [3.8, 4) is 0 Å². The van der Waals surface area contributed by atoms with Crippen molar-refractivity contribution in [1.82, 2.24) is 10.2 Å². The third kappa shape index (κ3) is 9.04. The molecule has 0 aliphatic carbocycles. The molecule has 2 amide bonds. The van der Waals surface area contributed by atoms with Crippen molar-refractivity contribution in [3.05, 3.63) is 70.3 Å². The van der Waals surface area contributed by atoms with E-state index in [1.165, 1.54) is 13.0 Å². The summed E-state index contributed by atoms with van der Waals surface area (Å²) >= 11 is 0. The molecule has 0 fully saturated rings. The molecule has 0 heterocycles. The van der Waals surface area contributed by atoms with Crippen molar-refractivity contribution in [2.45, 2.75) is 72.4 Å². The molecule has 2 aromatic rings. The number of nitrogens with zero attached hydrogens (tertiary/aromatic N) is 1. The number of hydrogen-bond acceptors (Lipinski definition) is 4. The van der Waals surface area contributed by atoms with Crippen LogP contribution in [0.2, 0.25) is 0 Å². The number of aryl methyl sites for hydroxylation is 1. The number of carbonyl (C=O) groups excluding carboxylic acids is 3. The lowest BCUT2D eigenvalue weighted by Gasteiger charge is -2.26. The first-order chi connectivity index (χ1) is 17.4. The number of benzene rings is 2. The van der Waals surface area contributed by atoms with E-state index in [4.69, 9.17) is 0 Å². The third-order valence-electron chi connectivity index (χ3n) is 6.31. The maximum absolute atomic E-state index is 13.8. The average Bonchev–Trinajstić information content (AvgIpc) is 2.81. The molecule has 0 aliphatic heterocycles. The summed E-state index contributed by atoms with van der Waals surface area (Å²) in [7, 11) is 0. The lowest BCUT2D eigenvalue weighted by atomic mass is 9.92. The minimum atomic E-state index is -1.15. The fraction of sp³-hybridized carbons (Fsp3) is 0.483. The lowest BCUT2D eigenvalue weighted by molar-refractivity contribution is -0.121. The average molecular weight is 517 g/mol. The van der Waals surface area contributed by atoms with Crippen LogP contribution >= 0.6 is 0 Å². The Hall–Kier alpha value is -3.13. The molecule has 0 saturated heterocycles. The molecule has 0 aromatic heterocycles. The molecule has 3 atom stereocenters. The van der Waals surface area contributed by atoms with Gasteiger partial charge in [0.2, 0.25) is 0 Å². The molecule has 0 bridgehead atoms. The van der Waals surface area contributed by atoms with E-state index < -0.39 is 35.6 Å². The van der Waals surface area contributed by atoms with Crippen LogP contribution in [0.1, 0.15) is 78.8 Å². The van der Waals surface area contributed by atoms with E-state index in [2.05, 4.69) is 5.32 Å². The second-order valence-electron chi connectivity index (χ2n) is 9.76. The summed E-state index contributed by atoms with van der Waals surface area (Å²) in [6.07, 6.45) is 0.487. The molecule has 0 radical (unpaired) electrons. The van der Waals surface area contributed by atoms with Gasteiger partial charge in [0.1, 0.15) is 17.4 Å². The second kappa shape index (κ2) is 14.0. The van der Waals surface area contributed by atoms with Gasteiger partial charge in [0, 0.05) is 36.2 Å². The number of amides is 2. The van der Waals surface area contributed by atoms with Crippen molar-refractivity contribution < 1.29 is 28.3 Å². The van der Waals surface area contributed by atoms with Crippen LogP contribution in [0.5, 0.6) is 0 Å². The highest BCUT2D eigenvalue weighted by Gasteiger charge is 2.26. The fourth-order valence-electron chi connectivity index (χ4n) is 4.29. The molecule has 0 aliphatic rings. The van der Waals surface area contributed by atoms with Crippen molar-refractivity contribution >= 4 is 17.6 Å². The molecule has 37 heavy (non-hydrogen) atoms. The van der Waals surface area contributed by atoms with Crippen LogP contribution in [-0.2, 0) is 11.2 Å². The van der Waals surface area contributed by atoms with Crippen molar-refractivity contribution in [2.24, 2.45) is 5.92 Å². The monoisotopic (exact) mass is 516 g/mol. The van der Waals surface area contributed by atoms with Crippen LogP contribution in [0, 0.1) is 24.5 Å². The van der Waals surface area contributed by atoms with E-state index in [1.54, 1.807) is 30.9 Å². The molecule has 3 unspecified atom stereocenters. The number of carbonyl (C=O) groups is 3. The second-order valence-corrected chi connectivity index (χ2v) is 9.76. The van der Waals surface area contributed by atoms with Gasteiger partial charge in [-0.3, -0.25) is 14.4 Å². The smallest absolute Gasteiger partial charge is 0.253 e. The normalized spacial score (nSPS) is 13.5. The highest BCUT2D eigenvalue weighted by atomic mass is 19.1. The van der Waals surface area contributed by atoms with Crippen LogP contribution in [0.15, 0.2) is 36.4 Å². The van der Waals surface area contributed by atoms with E-state index in [-0.39, 0.29) is 35.7 Å². The van der Waals surface area contributed by atoms with E-state index in [0.29, 0.717) is 18.7 Å². The van der Waals surface area contributed by atoms with Crippen molar-refractivity contribution in [1.29, 1.82) is 0 Å². The number of hydrogen-bond donors (Lipinski definition) is 2. The van der Waals surface area contributed by atoms with Gasteiger partial charge in [0.05, 0.1) is 12.1 Å². The number of aliphatic hydroxyl groups excluding tert-OH is 1. The maximum Gasteiger partial charge on any atom is 0.253 e. The van der Waals surface area contributed by atoms with Crippen LogP contribution < -0.4 is 5.32 Å². The zero-order chi connectivity index (χ0) is 27.7. The summed E-state index contributed by atoms with van der Waals surface area (Å²) in [6, 6.07) is 6.99. The number of rotatable bonds is 13. The van der Waals surface area contributed by atoms with E-state index in [1.807, 2.05) is 13.8 Å². The van der Waals surface area contributed by atoms with Gasteiger partial charge in [-0.25, -0.2) is 8.78 Å². The van der Waals surface area contributed by atoms with Gasteiger partial charge in [-0.2, -0.15) is 0 Å². The number of ketones is 1. The van der Waals surface area contributed by atoms with Crippen LogP contribution in [0.3, 0.4) is 0 Å². The summed E-state index contributed by atoms with van der Waals surface area (Å²) in [5, 5.41) is 13.7. The minimum Gasteiger partial charge on any atom is -0.391 e. The standard InChI is InChI=1S/C29H38F2N2O4/c1-6-8-33(9-7-2)29(37)23-11-18(3)10-22(16-23)28(36)32-26(27(35)12-19(4)20(5)34)15-21-13-24(30)17-25(31)14-21/h10-11,13-14,16-17,19,26-27,35H,6-9,12,15H2,1-5H3,(H,32,36).